The van der Waals surface area contributed by atoms with Crippen molar-refractivity contribution in [3.8, 4) is 5.75 Å². The fourth-order valence-electron chi connectivity index (χ4n) is 1.92. The lowest BCUT2D eigenvalue weighted by molar-refractivity contribution is -0.115. The van der Waals surface area contributed by atoms with Crippen molar-refractivity contribution in [2.75, 3.05) is 12.4 Å². The highest BCUT2D eigenvalue weighted by molar-refractivity contribution is 8.00. The van der Waals surface area contributed by atoms with Gasteiger partial charge in [0.25, 0.3) is 0 Å². The van der Waals surface area contributed by atoms with Crippen LogP contribution in [-0.4, -0.2) is 18.3 Å². The average molecular weight is 319 g/mol. The number of hydrogen-bond acceptors (Lipinski definition) is 3. The molecular weight excluding hydrogens is 301 g/mol. The van der Waals surface area contributed by atoms with Crippen LogP contribution in [0.4, 0.5) is 10.1 Å². The first-order chi connectivity index (χ1) is 10.5. The van der Waals surface area contributed by atoms with E-state index in [2.05, 4.69) is 5.32 Å². The van der Waals surface area contributed by atoms with E-state index in [9.17, 15) is 9.18 Å². The number of aryl methyl sites for hydroxylation is 1. The molecule has 0 fully saturated rings. The summed E-state index contributed by atoms with van der Waals surface area (Å²) < 4.78 is 18.1. The van der Waals surface area contributed by atoms with Gasteiger partial charge in [-0.25, -0.2) is 4.39 Å². The van der Waals surface area contributed by atoms with E-state index in [1.807, 2.05) is 32.0 Å². The van der Waals surface area contributed by atoms with Gasteiger partial charge < -0.3 is 10.1 Å². The van der Waals surface area contributed by atoms with Crippen molar-refractivity contribution in [3.63, 3.8) is 0 Å². The van der Waals surface area contributed by atoms with Crippen molar-refractivity contribution < 1.29 is 13.9 Å². The summed E-state index contributed by atoms with van der Waals surface area (Å²) in [6, 6.07) is 11.7. The monoisotopic (exact) mass is 319 g/mol. The van der Waals surface area contributed by atoms with Gasteiger partial charge in [-0.3, -0.25) is 4.79 Å². The summed E-state index contributed by atoms with van der Waals surface area (Å²) in [6.07, 6.45) is 0. The zero-order chi connectivity index (χ0) is 16.1. The first kappa shape index (κ1) is 16.4. The van der Waals surface area contributed by atoms with Crippen LogP contribution in [0.1, 0.15) is 12.5 Å². The van der Waals surface area contributed by atoms with Gasteiger partial charge in [-0.1, -0.05) is 6.07 Å². The molecule has 0 saturated heterocycles. The van der Waals surface area contributed by atoms with Gasteiger partial charge in [0.1, 0.15) is 11.6 Å². The molecule has 0 aromatic heterocycles. The van der Waals surface area contributed by atoms with Gasteiger partial charge in [-0.2, -0.15) is 0 Å². The van der Waals surface area contributed by atoms with Crippen molar-refractivity contribution in [2.24, 2.45) is 0 Å². The summed E-state index contributed by atoms with van der Waals surface area (Å²) in [5.41, 5.74) is 1.69. The number of carbonyl (C=O) groups is 1. The highest BCUT2D eigenvalue weighted by Crippen LogP contribution is 2.28. The highest BCUT2D eigenvalue weighted by Gasteiger charge is 2.16. The second-order valence-electron chi connectivity index (χ2n) is 4.91. The molecule has 0 aliphatic heterocycles. The van der Waals surface area contributed by atoms with Crippen molar-refractivity contribution in [1.82, 2.24) is 0 Å². The van der Waals surface area contributed by atoms with Crippen LogP contribution in [0.25, 0.3) is 0 Å². The molecule has 116 valence electrons. The fourth-order valence-corrected chi connectivity index (χ4v) is 2.79. The number of anilines is 1. The highest BCUT2D eigenvalue weighted by atomic mass is 32.2. The van der Waals surface area contributed by atoms with Gasteiger partial charge >= 0.3 is 0 Å². The lowest BCUT2D eigenvalue weighted by Crippen LogP contribution is -2.22. The molecule has 1 atom stereocenters. The Balaban J connectivity index is 2.05. The zero-order valence-electron chi connectivity index (χ0n) is 12.7. The van der Waals surface area contributed by atoms with E-state index < -0.39 is 0 Å². The molecule has 0 radical (unpaired) electrons. The van der Waals surface area contributed by atoms with Crippen LogP contribution in [-0.2, 0) is 4.79 Å². The third-order valence-corrected chi connectivity index (χ3v) is 4.22. The van der Waals surface area contributed by atoms with Gasteiger partial charge in [0.15, 0.2) is 0 Å². The first-order valence-corrected chi connectivity index (χ1v) is 7.75. The molecule has 3 nitrogen and oxygen atoms in total. The quantitative estimate of drug-likeness (QED) is 0.837. The van der Waals surface area contributed by atoms with Gasteiger partial charge in [-0.15, -0.1) is 11.8 Å². The zero-order valence-corrected chi connectivity index (χ0v) is 13.5. The van der Waals surface area contributed by atoms with Gasteiger partial charge in [0.05, 0.1) is 18.0 Å². The number of nitrogens with one attached hydrogen (secondary N) is 1. The molecule has 22 heavy (non-hydrogen) atoms. The lowest BCUT2D eigenvalue weighted by Gasteiger charge is -2.14. The molecule has 0 saturated carbocycles. The van der Waals surface area contributed by atoms with E-state index in [1.165, 1.54) is 23.9 Å². The number of hydrogen-bond donors (Lipinski definition) is 1. The molecule has 0 bridgehead atoms. The van der Waals surface area contributed by atoms with Gasteiger partial charge in [0, 0.05) is 4.90 Å². The van der Waals surface area contributed by atoms with E-state index in [4.69, 9.17) is 4.74 Å². The molecule has 0 unspecified atom stereocenters. The topological polar surface area (TPSA) is 38.3 Å². The van der Waals surface area contributed by atoms with Crippen molar-refractivity contribution >= 4 is 23.4 Å². The Morgan fingerprint density at radius 3 is 2.55 bits per heavy atom. The van der Waals surface area contributed by atoms with Crippen LogP contribution in [0.3, 0.4) is 0 Å². The normalized spacial score (nSPS) is 11.8. The second kappa shape index (κ2) is 7.31. The number of ether oxygens (including phenoxy) is 1. The van der Waals surface area contributed by atoms with Crippen LogP contribution in [0.2, 0.25) is 0 Å². The molecule has 1 amide bonds. The van der Waals surface area contributed by atoms with E-state index in [-0.39, 0.29) is 17.0 Å². The number of carbonyl (C=O) groups excluding carboxylic acids is 1. The third kappa shape index (κ3) is 4.24. The molecule has 0 heterocycles. The number of benzene rings is 2. The van der Waals surface area contributed by atoms with Gasteiger partial charge in [0.2, 0.25) is 5.91 Å². The van der Waals surface area contributed by atoms with E-state index in [0.29, 0.717) is 11.4 Å². The number of halogens is 1. The van der Waals surface area contributed by atoms with Crippen LogP contribution >= 0.6 is 11.8 Å². The third-order valence-electron chi connectivity index (χ3n) is 3.11. The minimum atomic E-state index is -0.310. The molecule has 0 spiro atoms. The molecule has 2 aromatic carbocycles. The van der Waals surface area contributed by atoms with Crippen LogP contribution < -0.4 is 10.1 Å². The maximum absolute atomic E-state index is 12.9. The first-order valence-electron chi connectivity index (χ1n) is 6.87. The molecule has 5 heteroatoms. The largest absolute Gasteiger partial charge is 0.495 e. The minimum Gasteiger partial charge on any atom is -0.495 e. The Labute approximate surface area is 133 Å². The second-order valence-corrected chi connectivity index (χ2v) is 6.32. The van der Waals surface area contributed by atoms with E-state index >= 15 is 0 Å². The molecular formula is C17H18FNO2S. The number of methoxy groups -OCH3 is 1. The van der Waals surface area contributed by atoms with E-state index in [0.717, 1.165) is 10.5 Å². The number of amides is 1. The summed E-state index contributed by atoms with van der Waals surface area (Å²) >= 11 is 1.38. The Morgan fingerprint density at radius 2 is 1.91 bits per heavy atom. The summed E-state index contributed by atoms with van der Waals surface area (Å²) in [7, 11) is 1.57. The summed E-state index contributed by atoms with van der Waals surface area (Å²) in [5.74, 6) is 0.210. The summed E-state index contributed by atoms with van der Waals surface area (Å²) in [5, 5.41) is 2.57. The molecule has 0 aliphatic carbocycles. The minimum absolute atomic E-state index is 0.127. The predicted molar refractivity (Wildman–Crippen MR) is 88.1 cm³/mol. The predicted octanol–water partition coefficient (Wildman–Crippen LogP) is 4.26. The molecule has 1 N–H and O–H groups in total. The van der Waals surface area contributed by atoms with Crippen LogP contribution in [0.5, 0.6) is 5.75 Å². The number of rotatable bonds is 5. The van der Waals surface area contributed by atoms with Crippen molar-refractivity contribution in [3.05, 3.63) is 53.8 Å². The molecule has 2 rings (SSSR count). The standard InChI is InChI=1S/C17H18FNO2S/c1-11-4-9-16(21-3)15(10-11)19-17(20)12(2)22-14-7-5-13(18)6-8-14/h4-10,12H,1-3H3,(H,19,20)/t12-/m0/s1. The van der Waals surface area contributed by atoms with Crippen LogP contribution in [0.15, 0.2) is 47.4 Å². The van der Waals surface area contributed by atoms with E-state index in [1.54, 1.807) is 19.2 Å². The Kier molecular flexibility index (Phi) is 5.44. The SMILES string of the molecule is COc1ccc(C)cc1NC(=O)[C@H](C)Sc1ccc(F)cc1. The molecule has 2 aromatic rings. The Bertz CT molecular complexity index is 658. The Hall–Kier alpha value is -2.01. The fraction of sp³-hybridized carbons (Fsp3) is 0.235. The smallest absolute Gasteiger partial charge is 0.237 e. The van der Waals surface area contributed by atoms with Crippen molar-refractivity contribution in [1.29, 1.82) is 0 Å². The average Bonchev–Trinajstić information content (AvgIpc) is 2.49. The van der Waals surface area contributed by atoms with Crippen molar-refractivity contribution in [2.45, 2.75) is 24.0 Å². The maximum Gasteiger partial charge on any atom is 0.237 e. The Morgan fingerprint density at radius 1 is 1.23 bits per heavy atom. The maximum atomic E-state index is 12.9. The van der Waals surface area contributed by atoms with Gasteiger partial charge in [-0.05, 0) is 55.8 Å². The summed E-state index contributed by atoms with van der Waals surface area (Å²) in [6.45, 7) is 3.76. The lowest BCUT2D eigenvalue weighted by atomic mass is 10.2. The number of thioether (sulfide) groups is 1. The molecule has 0 aliphatic rings. The van der Waals surface area contributed by atoms with Crippen LogP contribution in [0, 0.1) is 12.7 Å². The summed E-state index contributed by atoms with van der Waals surface area (Å²) in [4.78, 5) is 13.1.